The highest BCUT2D eigenvalue weighted by molar-refractivity contribution is 5.91. The zero-order valence-corrected chi connectivity index (χ0v) is 13.7. The van der Waals surface area contributed by atoms with E-state index in [0.29, 0.717) is 11.4 Å². The molecule has 3 aromatic rings. The summed E-state index contributed by atoms with van der Waals surface area (Å²) < 4.78 is 7.09. The summed E-state index contributed by atoms with van der Waals surface area (Å²) >= 11 is 0. The number of fused-ring (bicyclic) bond motifs is 1. The fourth-order valence-corrected chi connectivity index (χ4v) is 2.52. The van der Waals surface area contributed by atoms with Crippen molar-refractivity contribution < 1.29 is 14.5 Å². The molecule has 2 aromatic heterocycles. The smallest absolute Gasteiger partial charge is 0.338 e. The predicted molar refractivity (Wildman–Crippen MR) is 91.7 cm³/mol. The normalized spacial score (nSPS) is 10.6. The second-order valence-electron chi connectivity index (χ2n) is 5.47. The minimum atomic E-state index is -0.639. The van der Waals surface area contributed by atoms with Gasteiger partial charge in [-0.3, -0.25) is 10.1 Å². The van der Waals surface area contributed by atoms with Gasteiger partial charge in [0, 0.05) is 25.5 Å². The quantitative estimate of drug-likeness (QED) is 0.435. The standard InChI is InChI=1S/C17H16N4O4/c1-11-4-3-7-20-9-13(19-16(11)20)10-25-17(22)12-5-6-14(18-2)15(8-12)21(23)24/h3-9,18H,10H2,1-2H3. The fourth-order valence-electron chi connectivity index (χ4n) is 2.52. The first kappa shape index (κ1) is 16.4. The Hall–Kier alpha value is -3.42. The van der Waals surface area contributed by atoms with Crippen LogP contribution in [0.15, 0.2) is 42.7 Å². The van der Waals surface area contributed by atoms with Crippen LogP contribution in [0.5, 0.6) is 0 Å². The van der Waals surface area contributed by atoms with Crippen LogP contribution >= 0.6 is 0 Å². The van der Waals surface area contributed by atoms with E-state index in [-0.39, 0.29) is 17.9 Å². The number of aryl methyl sites for hydroxylation is 1. The van der Waals surface area contributed by atoms with Crippen molar-refractivity contribution in [2.24, 2.45) is 0 Å². The Morgan fingerprint density at radius 3 is 2.88 bits per heavy atom. The van der Waals surface area contributed by atoms with E-state index >= 15 is 0 Å². The first-order valence-corrected chi connectivity index (χ1v) is 7.56. The Morgan fingerprint density at radius 2 is 2.20 bits per heavy atom. The van der Waals surface area contributed by atoms with Gasteiger partial charge in [-0.05, 0) is 30.7 Å². The predicted octanol–water partition coefficient (Wildman–Crippen LogP) is 2.95. The largest absolute Gasteiger partial charge is 0.456 e. The Labute approximate surface area is 143 Å². The van der Waals surface area contributed by atoms with Crippen LogP contribution in [0.4, 0.5) is 11.4 Å². The molecule has 25 heavy (non-hydrogen) atoms. The molecular weight excluding hydrogens is 324 g/mol. The third-order valence-electron chi connectivity index (χ3n) is 3.78. The van der Waals surface area contributed by atoms with E-state index in [1.807, 2.05) is 29.7 Å². The van der Waals surface area contributed by atoms with Gasteiger partial charge in [0.05, 0.1) is 16.2 Å². The number of benzene rings is 1. The Balaban J connectivity index is 1.76. The average Bonchev–Trinajstić information content (AvgIpc) is 3.03. The average molecular weight is 340 g/mol. The molecule has 0 aliphatic rings. The number of ether oxygens (including phenoxy) is 1. The third kappa shape index (κ3) is 3.27. The van der Waals surface area contributed by atoms with Crippen molar-refractivity contribution in [3.63, 3.8) is 0 Å². The Bertz CT molecular complexity index is 964. The van der Waals surface area contributed by atoms with Crippen molar-refractivity contribution in [1.82, 2.24) is 9.38 Å². The minimum Gasteiger partial charge on any atom is -0.456 e. The first-order valence-electron chi connectivity index (χ1n) is 7.56. The van der Waals surface area contributed by atoms with Gasteiger partial charge in [-0.2, -0.15) is 0 Å². The number of anilines is 1. The van der Waals surface area contributed by atoms with Gasteiger partial charge in [-0.15, -0.1) is 0 Å². The van der Waals surface area contributed by atoms with Crippen molar-refractivity contribution in [3.8, 4) is 0 Å². The second-order valence-corrected chi connectivity index (χ2v) is 5.47. The monoisotopic (exact) mass is 340 g/mol. The fraction of sp³-hybridized carbons (Fsp3) is 0.176. The van der Waals surface area contributed by atoms with Gasteiger partial charge in [-0.1, -0.05) is 6.07 Å². The molecule has 0 bridgehead atoms. The van der Waals surface area contributed by atoms with Gasteiger partial charge >= 0.3 is 5.97 Å². The molecule has 8 heteroatoms. The molecular formula is C17H16N4O4. The summed E-state index contributed by atoms with van der Waals surface area (Å²) in [5.74, 6) is -0.639. The van der Waals surface area contributed by atoms with E-state index in [1.165, 1.54) is 18.2 Å². The number of carbonyl (C=O) groups excluding carboxylic acids is 1. The molecule has 2 heterocycles. The van der Waals surface area contributed by atoms with E-state index in [0.717, 1.165) is 11.2 Å². The van der Waals surface area contributed by atoms with Gasteiger partial charge in [0.1, 0.15) is 17.9 Å². The first-order chi connectivity index (χ1) is 12.0. The molecule has 0 fully saturated rings. The highest BCUT2D eigenvalue weighted by atomic mass is 16.6. The van der Waals surface area contributed by atoms with E-state index < -0.39 is 10.9 Å². The summed E-state index contributed by atoms with van der Waals surface area (Å²) in [6, 6.07) is 8.00. The number of hydrogen-bond acceptors (Lipinski definition) is 6. The second kappa shape index (κ2) is 6.60. The summed E-state index contributed by atoms with van der Waals surface area (Å²) in [5.41, 5.74) is 2.67. The van der Waals surface area contributed by atoms with Crippen molar-refractivity contribution in [2.75, 3.05) is 12.4 Å². The molecule has 1 N–H and O–H groups in total. The molecule has 0 atom stereocenters. The highest BCUT2D eigenvalue weighted by Crippen LogP contribution is 2.25. The molecule has 0 spiro atoms. The van der Waals surface area contributed by atoms with Gasteiger partial charge in [-0.25, -0.2) is 9.78 Å². The number of nitro benzene ring substituents is 1. The molecule has 128 valence electrons. The third-order valence-corrected chi connectivity index (χ3v) is 3.78. The van der Waals surface area contributed by atoms with Gasteiger partial charge in [0.25, 0.3) is 5.69 Å². The number of carbonyl (C=O) groups is 1. The summed E-state index contributed by atoms with van der Waals surface area (Å²) in [6.45, 7) is 1.93. The van der Waals surface area contributed by atoms with Crippen LogP contribution in [-0.2, 0) is 11.3 Å². The Morgan fingerprint density at radius 1 is 1.40 bits per heavy atom. The van der Waals surface area contributed by atoms with Crippen LogP contribution < -0.4 is 5.32 Å². The SMILES string of the molecule is CNc1ccc(C(=O)OCc2cn3cccc(C)c3n2)cc1[N+](=O)[O-]. The lowest BCUT2D eigenvalue weighted by Crippen LogP contribution is -2.07. The molecule has 1 aromatic carbocycles. The zero-order chi connectivity index (χ0) is 18.0. The number of aromatic nitrogens is 2. The van der Waals surface area contributed by atoms with Gasteiger partial charge < -0.3 is 14.5 Å². The topological polar surface area (TPSA) is 98.8 Å². The molecule has 0 saturated carbocycles. The summed E-state index contributed by atoms with van der Waals surface area (Å²) in [6.07, 6.45) is 3.64. The maximum atomic E-state index is 12.2. The summed E-state index contributed by atoms with van der Waals surface area (Å²) in [4.78, 5) is 27.1. The number of nitro groups is 1. The highest BCUT2D eigenvalue weighted by Gasteiger charge is 2.18. The molecule has 0 radical (unpaired) electrons. The van der Waals surface area contributed by atoms with Gasteiger partial charge in [0.2, 0.25) is 0 Å². The van der Waals surface area contributed by atoms with Crippen LogP contribution in [0.1, 0.15) is 21.6 Å². The van der Waals surface area contributed by atoms with E-state index in [1.54, 1.807) is 13.2 Å². The minimum absolute atomic E-state index is 0.0124. The van der Waals surface area contributed by atoms with E-state index in [9.17, 15) is 14.9 Å². The van der Waals surface area contributed by atoms with Crippen molar-refractivity contribution >= 4 is 23.0 Å². The molecule has 0 saturated heterocycles. The molecule has 0 aliphatic heterocycles. The number of pyridine rings is 1. The molecule has 3 rings (SSSR count). The van der Waals surface area contributed by atoms with E-state index in [4.69, 9.17) is 4.74 Å². The molecule has 0 unspecified atom stereocenters. The van der Waals surface area contributed by atoms with Gasteiger partial charge in [0.15, 0.2) is 0 Å². The number of imidazole rings is 1. The molecule has 0 amide bonds. The summed E-state index contributed by atoms with van der Waals surface area (Å²) in [7, 11) is 1.58. The lowest BCUT2D eigenvalue weighted by molar-refractivity contribution is -0.384. The number of hydrogen-bond donors (Lipinski definition) is 1. The molecule has 0 aliphatic carbocycles. The van der Waals surface area contributed by atoms with E-state index in [2.05, 4.69) is 10.3 Å². The maximum absolute atomic E-state index is 12.2. The van der Waals surface area contributed by atoms with Crippen molar-refractivity contribution in [3.05, 3.63) is 69.7 Å². The lowest BCUT2D eigenvalue weighted by Gasteiger charge is -2.05. The number of nitrogens with zero attached hydrogens (tertiary/aromatic N) is 3. The lowest BCUT2D eigenvalue weighted by atomic mass is 10.1. The Kier molecular flexibility index (Phi) is 4.34. The van der Waals surface area contributed by atoms with Crippen LogP contribution in [0.25, 0.3) is 5.65 Å². The van der Waals surface area contributed by atoms with Crippen molar-refractivity contribution in [1.29, 1.82) is 0 Å². The number of rotatable bonds is 5. The van der Waals surface area contributed by atoms with Crippen LogP contribution in [0, 0.1) is 17.0 Å². The van der Waals surface area contributed by atoms with Crippen LogP contribution in [0.2, 0.25) is 0 Å². The van der Waals surface area contributed by atoms with Crippen LogP contribution in [0.3, 0.4) is 0 Å². The summed E-state index contributed by atoms with van der Waals surface area (Å²) in [5, 5.41) is 13.8. The molecule has 8 nitrogen and oxygen atoms in total. The maximum Gasteiger partial charge on any atom is 0.338 e. The number of nitrogens with one attached hydrogen (secondary N) is 1. The number of esters is 1. The van der Waals surface area contributed by atoms with Crippen molar-refractivity contribution in [2.45, 2.75) is 13.5 Å². The zero-order valence-electron chi connectivity index (χ0n) is 13.7. The van der Waals surface area contributed by atoms with Crippen LogP contribution in [-0.4, -0.2) is 27.3 Å².